The molecule has 27 heavy (non-hydrogen) atoms. The Kier molecular flexibility index (Phi) is 7.55. The van der Waals surface area contributed by atoms with Crippen LogP contribution in [0, 0.1) is 0 Å². The van der Waals surface area contributed by atoms with E-state index in [4.69, 9.17) is 0 Å². The van der Waals surface area contributed by atoms with E-state index in [1.54, 1.807) is 4.68 Å². The van der Waals surface area contributed by atoms with Crippen LogP contribution in [0.3, 0.4) is 0 Å². The Balaban J connectivity index is 1.55. The van der Waals surface area contributed by atoms with E-state index in [0.717, 1.165) is 51.9 Å². The van der Waals surface area contributed by atoms with E-state index >= 15 is 0 Å². The molecule has 1 aromatic heterocycles. The molecule has 150 valence electrons. The van der Waals surface area contributed by atoms with E-state index in [9.17, 15) is 9.59 Å². The number of tetrazole rings is 1. The maximum absolute atomic E-state index is 12.7. The summed E-state index contributed by atoms with van der Waals surface area (Å²) in [4.78, 5) is 29.3. The highest BCUT2D eigenvalue weighted by Crippen LogP contribution is 2.20. The number of piperidine rings is 1. The molecule has 3 heterocycles. The summed E-state index contributed by atoms with van der Waals surface area (Å²) in [5.41, 5.74) is 0. The van der Waals surface area contributed by atoms with Crippen LogP contribution in [0.5, 0.6) is 0 Å². The smallest absolute Gasteiger partial charge is 0.224 e. The lowest BCUT2D eigenvalue weighted by molar-refractivity contribution is -0.131. The molecule has 2 fully saturated rings. The fraction of sp³-hybridized carbons (Fsp3) is 0.833. The van der Waals surface area contributed by atoms with Gasteiger partial charge in [-0.2, -0.15) is 0 Å². The molecule has 9 heteroatoms. The van der Waals surface area contributed by atoms with Gasteiger partial charge >= 0.3 is 0 Å². The summed E-state index contributed by atoms with van der Waals surface area (Å²) in [7, 11) is 0. The largest absolute Gasteiger partial charge is 0.356 e. The lowest BCUT2D eigenvalue weighted by atomic mass is 9.98. The molecule has 1 unspecified atom stereocenters. The number of aromatic nitrogens is 4. The minimum absolute atomic E-state index is 0.152. The van der Waals surface area contributed by atoms with Crippen LogP contribution in [-0.4, -0.2) is 80.6 Å². The summed E-state index contributed by atoms with van der Waals surface area (Å²) in [6, 6.07) is 0.350. The van der Waals surface area contributed by atoms with Gasteiger partial charge in [-0.15, -0.1) is 5.10 Å². The van der Waals surface area contributed by atoms with Gasteiger partial charge in [0.2, 0.25) is 11.8 Å². The number of hydrogen-bond acceptors (Lipinski definition) is 6. The molecule has 0 saturated carbocycles. The van der Waals surface area contributed by atoms with Crippen LogP contribution in [0.15, 0.2) is 6.33 Å². The number of nitrogens with zero attached hydrogens (tertiary/aromatic N) is 6. The second-order valence-corrected chi connectivity index (χ2v) is 7.50. The van der Waals surface area contributed by atoms with Gasteiger partial charge in [0.15, 0.2) is 0 Å². The van der Waals surface area contributed by atoms with Crippen molar-refractivity contribution in [3.8, 4) is 0 Å². The van der Waals surface area contributed by atoms with Crippen molar-refractivity contribution in [2.75, 3.05) is 32.7 Å². The second-order valence-electron chi connectivity index (χ2n) is 7.50. The summed E-state index contributed by atoms with van der Waals surface area (Å²) in [5, 5.41) is 14.1. The summed E-state index contributed by atoms with van der Waals surface area (Å²) in [5.74, 6) is 0.320. The first-order valence-electron chi connectivity index (χ1n) is 10.2. The third-order valence-electron chi connectivity index (χ3n) is 5.52. The zero-order valence-electron chi connectivity index (χ0n) is 16.1. The molecule has 0 bridgehead atoms. The molecular weight excluding hydrogens is 346 g/mol. The highest BCUT2D eigenvalue weighted by Gasteiger charge is 2.25. The number of hydrogen-bond donors (Lipinski definition) is 1. The monoisotopic (exact) mass is 377 g/mol. The molecule has 3 rings (SSSR count). The quantitative estimate of drug-likeness (QED) is 0.821. The Morgan fingerprint density at radius 2 is 1.93 bits per heavy atom. The number of amides is 2. The van der Waals surface area contributed by atoms with Crippen molar-refractivity contribution in [3.05, 3.63) is 6.33 Å². The van der Waals surface area contributed by atoms with Crippen molar-refractivity contribution < 1.29 is 9.59 Å². The summed E-state index contributed by atoms with van der Waals surface area (Å²) < 4.78 is 1.59. The van der Waals surface area contributed by atoms with E-state index in [2.05, 4.69) is 25.7 Å². The predicted octanol–water partition coefficient (Wildman–Crippen LogP) is 0.437. The zero-order valence-corrected chi connectivity index (χ0v) is 16.1. The third-order valence-corrected chi connectivity index (χ3v) is 5.52. The average molecular weight is 377 g/mol. The highest BCUT2D eigenvalue weighted by molar-refractivity contribution is 5.76. The first kappa shape index (κ1) is 19.7. The maximum Gasteiger partial charge on any atom is 0.224 e. The number of rotatable bonds is 3. The molecule has 0 aromatic carbocycles. The standard InChI is InChI=1S/C18H31N7O2/c26-17-14-16-6-1-3-9-23(16)11-5-12-24(10-4-2-8-19-17)18(27)7-13-25-15-20-21-22-25/h15-16H,1-14H2,(H,19,26). The molecule has 2 aliphatic rings. The number of nitrogens with one attached hydrogen (secondary N) is 1. The van der Waals surface area contributed by atoms with Crippen LogP contribution in [0.1, 0.15) is 51.4 Å². The van der Waals surface area contributed by atoms with Crippen LogP contribution >= 0.6 is 0 Å². The van der Waals surface area contributed by atoms with Crippen LogP contribution in [-0.2, 0) is 16.1 Å². The lowest BCUT2D eigenvalue weighted by Crippen LogP contribution is -2.44. The van der Waals surface area contributed by atoms with E-state index < -0.39 is 0 Å². The average Bonchev–Trinajstić information content (AvgIpc) is 3.19. The number of carbonyl (C=O) groups excluding carboxylic acids is 2. The van der Waals surface area contributed by atoms with E-state index in [0.29, 0.717) is 32.0 Å². The number of carbonyl (C=O) groups is 2. The van der Waals surface area contributed by atoms with Crippen LogP contribution in [0.2, 0.25) is 0 Å². The fourth-order valence-electron chi connectivity index (χ4n) is 4.00. The zero-order chi connectivity index (χ0) is 18.9. The summed E-state index contributed by atoms with van der Waals surface area (Å²) in [6.07, 6.45) is 8.82. The fourth-order valence-corrected chi connectivity index (χ4v) is 4.00. The first-order chi connectivity index (χ1) is 13.2. The van der Waals surface area contributed by atoms with E-state index in [1.165, 1.54) is 19.2 Å². The maximum atomic E-state index is 12.7. The Bertz CT molecular complexity index is 593. The molecule has 1 atom stereocenters. The van der Waals surface area contributed by atoms with Crippen molar-refractivity contribution in [1.29, 1.82) is 0 Å². The summed E-state index contributed by atoms with van der Waals surface area (Å²) >= 11 is 0. The van der Waals surface area contributed by atoms with Gasteiger partial charge in [-0.3, -0.25) is 14.5 Å². The van der Waals surface area contributed by atoms with Crippen molar-refractivity contribution in [1.82, 2.24) is 35.3 Å². The molecule has 0 spiro atoms. The lowest BCUT2D eigenvalue weighted by Gasteiger charge is -2.35. The van der Waals surface area contributed by atoms with Gasteiger partial charge in [0.1, 0.15) is 6.33 Å². The molecule has 0 radical (unpaired) electrons. The summed E-state index contributed by atoms with van der Waals surface area (Å²) in [6.45, 7) is 4.73. The van der Waals surface area contributed by atoms with Gasteiger partial charge < -0.3 is 10.2 Å². The number of aryl methyl sites for hydroxylation is 1. The molecule has 1 aromatic rings. The topological polar surface area (TPSA) is 96.3 Å². The van der Waals surface area contributed by atoms with Gasteiger partial charge in [0.05, 0.1) is 6.54 Å². The van der Waals surface area contributed by atoms with Crippen molar-refractivity contribution in [2.24, 2.45) is 0 Å². The van der Waals surface area contributed by atoms with Crippen LogP contribution in [0.4, 0.5) is 0 Å². The number of fused-ring (bicyclic) bond motifs is 1. The van der Waals surface area contributed by atoms with E-state index in [1.807, 2.05) is 4.90 Å². The van der Waals surface area contributed by atoms with Crippen molar-refractivity contribution >= 4 is 11.8 Å². The normalized spacial score (nSPS) is 23.5. The molecule has 2 saturated heterocycles. The van der Waals surface area contributed by atoms with Crippen LogP contribution in [0.25, 0.3) is 0 Å². The van der Waals surface area contributed by atoms with E-state index in [-0.39, 0.29) is 11.8 Å². The van der Waals surface area contributed by atoms with Crippen LogP contribution < -0.4 is 5.32 Å². The molecule has 0 aliphatic carbocycles. The minimum Gasteiger partial charge on any atom is -0.356 e. The molecular formula is C18H31N7O2. The third kappa shape index (κ3) is 6.27. The Morgan fingerprint density at radius 1 is 1.11 bits per heavy atom. The molecule has 2 aliphatic heterocycles. The van der Waals surface area contributed by atoms with Crippen molar-refractivity contribution in [3.63, 3.8) is 0 Å². The molecule has 9 nitrogen and oxygen atoms in total. The Morgan fingerprint density at radius 3 is 2.78 bits per heavy atom. The molecule has 2 amide bonds. The predicted molar refractivity (Wildman–Crippen MR) is 99.7 cm³/mol. The van der Waals surface area contributed by atoms with Gasteiger partial charge in [0, 0.05) is 45.1 Å². The van der Waals surface area contributed by atoms with Gasteiger partial charge in [0.25, 0.3) is 0 Å². The first-order valence-corrected chi connectivity index (χ1v) is 10.2. The minimum atomic E-state index is 0.152. The highest BCUT2D eigenvalue weighted by atomic mass is 16.2. The second kappa shape index (κ2) is 10.3. The Labute approximate surface area is 160 Å². The van der Waals surface area contributed by atoms with Gasteiger partial charge in [-0.1, -0.05) is 6.42 Å². The van der Waals surface area contributed by atoms with Gasteiger partial charge in [-0.05, 0) is 49.1 Å². The van der Waals surface area contributed by atoms with Gasteiger partial charge in [-0.25, -0.2) is 4.68 Å². The SMILES string of the molecule is O=C1CC2CCCCN2CCCN(C(=O)CCn2cnnn2)CCCCN1. The molecule has 1 N–H and O–H groups in total. The van der Waals surface area contributed by atoms with Crippen molar-refractivity contribution in [2.45, 2.75) is 64.0 Å². The Hall–Kier alpha value is -2.03.